The molecule has 7 nitrogen and oxygen atoms in total. The van der Waals surface area contributed by atoms with Crippen molar-refractivity contribution in [2.24, 2.45) is 5.41 Å². The van der Waals surface area contributed by atoms with Crippen molar-refractivity contribution in [2.45, 2.75) is 50.5 Å². The average molecular weight is 339 g/mol. The third kappa shape index (κ3) is 2.42. The Kier molecular flexibility index (Phi) is 3.55. The molecule has 1 spiro atoms. The highest BCUT2D eigenvalue weighted by molar-refractivity contribution is 7.86. The molecular formula is C15H25N5O2S. The van der Waals surface area contributed by atoms with Gasteiger partial charge in [0, 0.05) is 39.1 Å². The summed E-state index contributed by atoms with van der Waals surface area (Å²) < 4.78 is 30.4. The van der Waals surface area contributed by atoms with Crippen molar-refractivity contribution in [3.8, 4) is 0 Å². The molecule has 3 aliphatic rings. The van der Waals surface area contributed by atoms with Gasteiger partial charge in [0.15, 0.2) is 0 Å². The second-order valence-corrected chi connectivity index (χ2v) is 9.67. The van der Waals surface area contributed by atoms with E-state index in [1.54, 1.807) is 18.4 Å². The van der Waals surface area contributed by atoms with Gasteiger partial charge in [-0.2, -0.15) is 17.0 Å². The first kappa shape index (κ1) is 15.5. The van der Waals surface area contributed by atoms with Crippen LogP contribution >= 0.6 is 0 Å². The van der Waals surface area contributed by atoms with Gasteiger partial charge in [-0.1, -0.05) is 12.8 Å². The van der Waals surface area contributed by atoms with Crippen LogP contribution < -0.4 is 0 Å². The second-order valence-electron chi connectivity index (χ2n) is 7.53. The summed E-state index contributed by atoms with van der Waals surface area (Å²) in [7, 11) is -0.157. The van der Waals surface area contributed by atoms with Crippen LogP contribution in [-0.4, -0.2) is 59.0 Å². The Labute approximate surface area is 137 Å². The molecule has 2 aliphatic carbocycles. The van der Waals surface area contributed by atoms with Gasteiger partial charge in [-0.05, 0) is 31.1 Å². The van der Waals surface area contributed by atoms with Crippen LogP contribution in [0.4, 0.5) is 0 Å². The van der Waals surface area contributed by atoms with Crippen molar-refractivity contribution in [1.82, 2.24) is 23.4 Å². The highest BCUT2D eigenvalue weighted by atomic mass is 32.2. The maximum absolute atomic E-state index is 12.6. The van der Waals surface area contributed by atoms with Gasteiger partial charge in [-0.3, -0.25) is 0 Å². The molecule has 1 aromatic heterocycles. The second kappa shape index (κ2) is 5.26. The van der Waals surface area contributed by atoms with E-state index in [0.29, 0.717) is 19.1 Å². The standard InChI is InChI=1S/C15H25N5O2S/c1-18(2)23(21,22)19-9-13(15(10-19)7-3-4-8-15)14-17-16-11-20(14)12-5-6-12/h11-13H,3-10H2,1-2H3. The molecule has 0 bridgehead atoms. The summed E-state index contributed by atoms with van der Waals surface area (Å²) in [5.41, 5.74) is 0.0444. The van der Waals surface area contributed by atoms with Gasteiger partial charge in [0.25, 0.3) is 10.2 Å². The predicted molar refractivity (Wildman–Crippen MR) is 86.1 cm³/mol. The Morgan fingerprint density at radius 1 is 1.26 bits per heavy atom. The molecule has 3 fully saturated rings. The minimum atomic E-state index is -3.37. The average Bonchev–Trinajstić information content (AvgIpc) is 2.95. The molecule has 128 valence electrons. The summed E-state index contributed by atoms with van der Waals surface area (Å²) in [6.45, 7) is 1.15. The SMILES string of the molecule is CN(C)S(=O)(=O)N1CC(c2nncn2C2CC2)C2(CCCC2)C1. The molecule has 1 aromatic rings. The van der Waals surface area contributed by atoms with Crippen LogP contribution in [-0.2, 0) is 10.2 Å². The maximum atomic E-state index is 12.6. The Hall–Kier alpha value is -0.990. The molecule has 1 atom stereocenters. The Bertz CT molecular complexity index is 688. The Morgan fingerprint density at radius 3 is 2.57 bits per heavy atom. The predicted octanol–water partition coefficient (Wildman–Crippen LogP) is 1.38. The summed E-state index contributed by atoms with van der Waals surface area (Å²) in [6, 6.07) is 0.526. The summed E-state index contributed by atoms with van der Waals surface area (Å²) in [5, 5.41) is 8.56. The van der Waals surface area contributed by atoms with Gasteiger partial charge in [0.1, 0.15) is 12.2 Å². The lowest BCUT2D eigenvalue weighted by atomic mass is 9.76. The zero-order valence-corrected chi connectivity index (χ0v) is 14.7. The quantitative estimate of drug-likeness (QED) is 0.831. The maximum Gasteiger partial charge on any atom is 0.281 e. The van der Waals surface area contributed by atoms with Gasteiger partial charge >= 0.3 is 0 Å². The fourth-order valence-electron chi connectivity index (χ4n) is 4.41. The van der Waals surface area contributed by atoms with Crippen LogP contribution in [0.1, 0.15) is 56.3 Å². The number of nitrogens with zero attached hydrogens (tertiary/aromatic N) is 5. The van der Waals surface area contributed by atoms with Crippen molar-refractivity contribution in [3.63, 3.8) is 0 Å². The molecule has 23 heavy (non-hydrogen) atoms. The minimum Gasteiger partial charge on any atom is -0.314 e. The first-order valence-electron chi connectivity index (χ1n) is 8.51. The van der Waals surface area contributed by atoms with E-state index in [4.69, 9.17) is 0 Å². The summed E-state index contributed by atoms with van der Waals surface area (Å²) in [5.74, 6) is 1.17. The molecule has 1 saturated heterocycles. The zero-order valence-electron chi connectivity index (χ0n) is 13.8. The van der Waals surface area contributed by atoms with E-state index in [9.17, 15) is 8.42 Å². The molecule has 4 rings (SSSR count). The van der Waals surface area contributed by atoms with Crippen molar-refractivity contribution in [1.29, 1.82) is 0 Å². The lowest BCUT2D eigenvalue weighted by Gasteiger charge is -2.29. The molecule has 0 radical (unpaired) electrons. The Balaban J connectivity index is 1.71. The number of rotatable bonds is 4. The molecule has 0 N–H and O–H groups in total. The van der Waals surface area contributed by atoms with Gasteiger partial charge in [-0.15, -0.1) is 10.2 Å². The molecule has 1 unspecified atom stereocenters. The molecule has 0 amide bonds. The molecule has 0 aromatic carbocycles. The van der Waals surface area contributed by atoms with E-state index < -0.39 is 10.2 Å². The largest absolute Gasteiger partial charge is 0.314 e. The molecule has 1 aliphatic heterocycles. The number of hydrogen-bond acceptors (Lipinski definition) is 4. The number of aromatic nitrogens is 3. The van der Waals surface area contributed by atoms with E-state index in [-0.39, 0.29) is 11.3 Å². The normalized spacial score (nSPS) is 28.2. The first-order valence-corrected chi connectivity index (χ1v) is 9.91. The van der Waals surface area contributed by atoms with E-state index >= 15 is 0 Å². The molecular weight excluding hydrogens is 314 g/mol. The third-order valence-electron chi connectivity index (χ3n) is 5.86. The summed E-state index contributed by atoms with van der Waals surface area (Å²) >= 11 is 0. The van der Waals surface area contributed by atoms with Crippen molar-refractivity contribution < 1.29 is 8.42 Å². The van der Waals surface area contributed by atoms with E-state index in [1.165, 1.54) is 30.0 Å². The van der Waals surface area contributed by atoms with Gasteiger partial charge < -0.3 is 4.57 Å². The number of hydrogen-bond donors (Lipinski definition) is 0. The van der Waals surface area contributed by atoms with Crippen molar-refractivity contribution in [2.75, 3.05) is 27.2 Å². The van der Waals surface area contributed by atoms with Crippen LogP contribution in [0.3, 0.4) is 0 Å². The highest BCUT2D eigenvalue weighted by Gasteiger charge is 2.53. The van der Waals surface area contributed by atoms with Gasteiger partial charge in [0.05, 0.1) is 0 Å². The van der Waals surface area contributed by atoms with Crippen LogP contribution in [0.15, 0.2) is 6.33 Å². The van der Waals surface area contributed by atoms with Gasteiger partial charge in [0.2, 0.25) is 0 Å². The lowest BCUT2D eigenvalue weighted by Crippen LogP contribution is -2.39. The van der Waals surface area contributed by atoms with Crippen molar-refractivity contribution >= 4 is 10.2 Å². The summed E-state index contributed by atoms with van der Waals surface area (Å²) in [4.78, 5) is 0. The van der Waals surface area contributed by atoms with E-state index in [2.05, 4.69) is 14.8 Å². The van der Waals surface area contributed by atoms with Crippen LogP contribution in [0.5, 0.6) is 0 Å². The lowest BCUT2D eigenvalue weighted by molar-refractivity contribution is 0.270. The van der Waals surface area contributed by atoms with Crippen LogP contribution in [0, 0.1) is 5.41 Å². The van der Waals surface area contributed by atoms with E-state index in [1.807, 2.05) is 6.33 Å². The van der Waals surface area contributed by atoms with Crippen molar-refractivity contribution in [3.05, 3.63) is 12.2 Å². The Morgan fingerprint density at radius 2 is 1.96 bits per heavy atom. The van der Waals surface area contributed by atoms with Crippen LogP contribution in [0.2, 0.25) is 0 Å². The first-order chi connectivity index (χ1) is 10.9. The van der Waals surface area contributed by atoms with Gasteiger partial charge in [-0.25, -0.2) is 0 Å². The van der Waals surface area contributed by atoms with E-state index in [0.717, 1.165) is 18.7 Å². The fourth-order valence-corrected chi connectivity index (χ4v) is 5.63. The zero-order chi connectivity index (χ0) is 16.2. The van der Waals surface area contributed by atoms with Crippen LogP contribution in [0.25, 0.3) is 0 Å². The smallest absolute Gasteiger partial charge is 0.281 e. The monoisotopic (exact) mass is 339 g/mol. The summed E-state index contributed by atoms with van der Waals surface area (Å²) in [6.07, 6.45) is 8.75. The molecule has 8 heteroatoms. The molecule has 2 saturated carbocycles. The minimum absolute atomic E-state index is 0.0444. The molecule has 2 heterocycles. The fraction of sp³-hybridized carbons (Fsp3) is 0.867. The topological polar surface area (TPSA) is 71.3 Å². The highest BCUT2D eigenvalue weighted by Crippen LogP contribution is 2.54. The third-order valence-corrected chi connectivity index (χ3v) is 7.71.